The van der Waals surface area contributed by atoms with Gasteiger partial charge in [-0.3, -0.25) is 9.59 Å². The first kappa shape index (κ1) is 16.2. The molecule has 1 amide bonds. The summed E-state index contributed by atoms with van der Waals surface area (Å²) in [5, 5.41) is 16.7. The molecule has 0 aliphatic heterocycles. The van der Waals surface area contributed by atoms with Crippen molar-refractivity contribution in [3.8, 4) is 0 Å². The molecule has 1 aromatic heterocycles. The van der Waals surface area contributed by atoms with E-state index in [2.05, 4.69) is 26.3 Å². The zero-order chi connectivity index (χ0) is 15.8. The number of rotatable bonds is 4. The van der Waals surface area contributed by atoms with E-state index in [-0.39, 0.29) is 30.0 Å². The average molecular weight is 358 g/mol. The predicted octanol–water partition coefficient (Wildman–Crippen LogP) is 1.16. The van der Waals surface area contributed by atoms with Gasteiger partial charge in [0.05, 0.1) is 11.3 Å². The molecule has 7 heteroatoms. The summed E-state index contributed by atoms with van der Waals surface area (Å²) in [6.07, 6.45) is 1.08. The number of amides is 1. The highest BCUT2D eigenvalue weighted by molar-refractivity contribution is 9.10. The first-order valence-electron chi connectivity index (χ1n) is 6.97. The molecule has 1 fully saturated rings. The van der Waals surface area contributed by atoms with E-state index < -0.39 is 5.60 Å². The minimum Gasteiger partial charge on any atom is -0.390 e. The van der Waals surface area contributed by atoms with Crippen molar-refractivity contribution in [2.45, 2.75) is 57.7 Å². The van der Waals surface area contributed by atoms with Gasteiger partial charge < -0.3 is 10.4 Å². The van der Waals surface area contributed by atoms with E-state index in [1.165, 1.54) is 10.7 Å². The summed E-state index contributed by atoms with van der Waals surface area (Å²) in [6, 6.07) is 1.41. The van der Waals surface area contributed by atoms with Gasteiger partial charge in [0.1, 0.15) is 6.54 Å². The van der Waals surface area contributed by atoms with Crippen LogP contribution in [-0.2, 0) is 11.3 Å². The molecule has 1 aromatic rings. The molecule has 0 unspecified atom stereocenters. The molecule has 2 rings (SSSR count). The molecule has 1 saturated carbocycles. The van der Waals surface area contributed by atoms with Gasteiger partial charge in [-0.15, -0.1) is 0 Å². The molecular weight excluding hydrogens is 338 g/mol. The van der Waals surface area contributed by atoms with Crippen LogP contribution in [0.3, 0.4) is 0 Å². The SMILES string of the molecule is CC(C)c1nn(CC(=O)N[C@H]2C[C@@](C)(O)C2)c(=O)cc1Br. The molecule has 0 bridgehead atoms. The highest BCUT2D eigenvalue weighted by Gasteiger charge is 2.39. The summed E-state index contributed by atoms with van der Waals surface area (Å²) in [4.78, 5) is 23.8. The van der Waals surface area contributed by atoms with Gasteiger partial charge in [0, 0.05) is 16.6 Å². The maximum Gasteiger partial charge on any atom is 0.268 e. The Morgan fingerprint density at radius 3 is 2.76 bits per heavy atom. The lowest BCUT2D eigenvalue weighted by molar-refractivity contribution is -0.125. The molecule has 0 radical (unpaired) electrons. The van der Waals surface area contributed by atoms with Gasteiger partial charge in [0.15, 0.2) is 0 Å². The van der Waals surface area contributed by atoms with Gasteiger partial charge in [-0.25, -0.2) is 4.68 Å². The quantitative estimate of drug-likeness (QED) is 0.846. The van der Waals surface area contributed by atoms with Crippen LogP contribution in [0.15, 0.2) is 15.3 Å². The number of hydrogen-bond acceptors (Lipinski definition) is 4. The lowest BCUT2D eigenvalue weighted by Crippen LogP contribution is -2.54. The smallest absolute Gasteiger partial charge is 0.268 e. The minimum atomic E-state index is -0.685. The summed E-state index contributed by atoms with van der Waals surface area (Å²) >= 11 is 3.32. The van der Waals surface area contributed by atoms with Gasteiger partial charge in [-0.1, -0.05) is 13.8 Å². The second-order valence-electron chi connectivity index (χ2n) is 6.20. The zero-order valence-corrected chi connectivity index (χ0v) is 14.0. The van der Waals surface area contributed by atoms with Crippen LogP contribution in [0, 0.1) is 0 Å². The van der Waals surface area contributed by atoms with Crippen LogP contribution in [0.25, 0.3) is 0 Å². The van der Waals surface area contributed by atoms with Crippen LogP contribution >= 0.6 is 15.9 Å². The zero-order valence-electron chi connectivity index (χ0n) is 12.4. The summed E-state index contributed by atoms with van der Waals surface area (Å²) in [5.41, 5.74) is -0.258. The monoisotopic (exact) mass is 357 g/mol. The Balaban J connectivity index is 2.04. The third-order valence-corrected chi connectivity index (χ3v) is 4.19. The number of carbonyl (C=O) groups is 1. The largest absolute Gasteiger partial charge is 0.390 e. The Bertz CT molecular complexity index is 602. The number of hydrogen-bond donors (Lipinski definition) is 2. The summed E-state index contributed by atoms with van der Waals surface area (Å²) in [5.74, 6) is -0.113. The minimum absolute atomic E-state index is 0.0248. The average Bonchev–Trinajstić information content (AvgIpc) is 2.29. The van der Waals surface area contributed by atoms with E-state index in [1.807, 2.05) is 13.8 Å². The van der Waals surface area contributed by atoms with Crippen LogP contribution < -0.4 is 10.9 Å². The third-order valence-electron chi connectivity index (χ3n) is 3.56. The molecule has 6 nitrogen and oxygen atoms in total. The van der Waals surface area contributed by atoms with Crippen LogP contribution in [0.5, 0.6) is 0 Å². The van der Waals surface area contributed by atoms with Crippen LogP contribution in [-0.4, -0.2) is 32.4 Å². The van der Waals surface area contributed by atoms with Gasteiger partial charge >= 0.3 is 0 Å². The number of halogens is 1. The van der Waals surface area contributed by atoms with Crippen LogP contribution in [0.2, 0.25) is 0 Å². The molecule has 1 aliphatic rings. The maximum absolute atomic E-state index is 11.9. The molecule has 0 aromatic carbocycles. The Hall–Kier alpha value is -1.21. The molecule has 1 aliphatic carbocycles. The van der Waals surface area contributed by atoms with E-state index >= 15 is 0 Å². The van der Waals surface area contributed by atoms with Crippen molar-refractivity contribution >= 4 is 21.8 Å². The fourth-order valence-corrected chi connectivity index (χ4v) is 3.23. The molecule has 116 valence electrons. The van der Waals surface area contributed by atoms with Gasteiger partial charge in [0.2, 0.25) is 5.91 Å². The van der Waals surface area contributed by atoms with Crippen molar-refractivity contribution in [1.29, 1.82) is 0 Å². The topological polar surface area (TPSA) is 84.2 Å². The standard InChI is InChI=1S/C14H20BrN3O3/c1-8(2)13-10(15)4-12(20)18(17-13)7-11(19)16-9-5-14(3,21)6-9/h4,8-9,21H,5-7H2,1-3H3,(H,16,19)/t9-,14+. The second kappa shape index (κ2) is 5.88. The van der Waals surface area contributed by atoms with E-state index in [0.29, 0.717) is 17.3 Å². The lowest BCUT2D eigenvalue weighted by Gasteiger charge is -2.41. The number of aliphatic hydroxyl groups is 1. The van der Waals surface area contributed by atoms with Crippen molar-refractivity contribution in [2.24, 2.45) is 0 Å². The fraction of sp³-hybridized carbons (Fsp3) is 0.643. The van der Waals surface area contributed by atoms with Crippen molar-refractivity contribution in [3.63, 3.8) is 0 Å². The molecule has 0 saturated heterocycles. The highest BCUT2D eigenvalue weighted by atomic mass is 79.9. The molecule has 0 spiro atoms. The van der Waals surface area contributed by atoms with Gasteiger partial charge in [-0.2, -0.15) is 5.10 Å². The number of nitrogens with zero attached hydrogens (tertiary/aromatic N) is 2. The van der Waals surface area contributed by atoms with Crippen molar-refractivity contribution < 1.29 is 9.90 Å². The van der Waals surface area contributed by atoms with E-state index in [4.69, 9.17) is 0 Å². The Morgan fingerprint density at radius 1 is 1.62 bits per heavy atom. The Labute approximate surface area is 131 Å². The molecule has 1 heterocycles. The highest BCUT2D eigenvalue weighted by Crippen LogP contribution is 2.31. The summed E-state index contributed by atoms with van der Waals surface area (Å²) in [7, 11) is 0. The number of carbonyl (C=O) groups excluding carboxylic acids is 1. The normalized spacial score (nSPS) is 24.8. The first-order chi connectivity index (χ1) is 9.68. The number of aromatic nitrogens is 2. The Morgan fingerprint density at radius 2 is 2.24 bits per heavy atom. The first-order valence-corrected chi connectivity index (χ1v) is 7.76. The van der Waals surface area contributed by atoms with E-state index in [0.717, 1.165) is 5.69 Å². The van der Waals surface area contributed by atoms with Crippen molar-refractivity contribution in [1.82, 2.24) is 15.1 Å². The maximum atomic E-state index is 11.9. The Kier molecular flexibility index (Phi) is 4.53. The molecular formula is C14H20BrN3O3. The van der Waals surface area contributed by atoms with E-state index in [1.54, 1.807) is 6.92 Å². The molecule has 2 N–H and O–H groups in total. The second-order valence-corrected chi connectivity index (χ2v) is 7.05. The fourth-order valence-electron chi connectivity index (χ4n) is 2.50. The predicted molar refractivity (Wildman–Crippen MR) is 82.1 cm³/mol. The molecule has 0 atom stereocenters. The third kappa shape index (κ3) is 3.91. The number of nitrogens with one attached hydrogen (secondary N) is 1. The van der Waals surface area contributed by atoms with Crippen molar-refractivity contribution in [3.05, 3.63) is 26.6 Å². The van der Waals surface area contributed by atoms with Crippen LogP contribution in [0.4, 0.5) is 0 Å². The summed E-state index contributed by atoms with van der Waals surface area (Å²) < 4.78 is 1.83. The summed E-state index contributed by atoms with van der Waals surface area (Å²) in [6.45, 7) is 5.58. The lowest BCUT2D eigenvalue weighted by atomic mass is 9.77. The molecule has 21 heavy (non-hydrogen) atoms. The van der Waals surface area contributed by atoms with Gasteiger partial charge in [-0.05, 0) is 41.6 Å². The van der Waals surface area contributed by atoms with Gasteiger partial charge in [0.25, 0.3) is 5.56 Å². The van der Waals surface area contributed by atoms with Crippen LogP contribution in [0.1, 0.15) is 45.2 Å². The van der Waals surface area contributed by atoms with E-state index in [9.17, 15) is 14.7 Å². The van der Waals surface area contributed by atoms with Crippen molar-refractivity contribution in [2.75, 3.05) is 0 Å².